The first-order valence-electron chi connectivity index (χ1n) is 5.84. The van der Waals surface area contributed by atoms with Gasteiger partial charge in [0.1, 0.15) is 5.75 Å². The van der Waals surface area contributed by atoms with Gasteiger partial charge in [-0.05, 0) is 29.2 Å². The Morgan fingerprint density at radius 1 is 1.06 bits per heavy atom. The molecule has 2 aromatic carbocycles. The molecule has 0 unspecified atom stereocenters. The van der Waals surface area contributed by atoms with E-state index in [1.807, 2.05) is 18.2 Å². The molecule has 1 nitrogen and oxygen atoms in total. The zero-order chi connectivity index (χ0) is 11.8. The third kappa shape index (κ3) is 1.47. The molecule has 17 heavy (non-hydrogen) atoms. The van der Waals surface area contributed by atoms with Gasteiger partial charge in [0.2, 0.25) is 0 Å². The molecule has 0 aromatic heterocycles. The summed E-state index contributed by atoms with van der Waals surface area (Å²) in [7, 11) is 0. The SMILES string of the molecule is C=C[C@@H]1Cc2ccccc2-c2cccc(O)c21. The Kier molecular flexibility index (Phi) is 2.25. The van der Waals surface area contributed by atoms with Crippen molar-refractivity contribution in [2.75, 3.05) is 0 Å². The Labute approximate surface area is 101 Å². The van der Waals surface area contributed by atoms with E-state index in [4.69, 9.17) is 0 Å². The van der Waals surface area contributed by atoms with E-state index in [0.29, 0.717) is 5.75 Å². The number of fused-ring (bicyclic) bond motifs is 3. The van der Waals surface area contributed by atoms with Gasteiger partial charge in [-0.15, -0.1) is 6.58 Å². The number of hydrogen-bond donors (Lipinski definition) is 1. The van der Waals surface area contributed by atoms with Crippen LogP contribution in [0.2, 0.25) is 0 Å². The van der Waals surface area contributed by atoms with Crippen LogP contribution in [0.15, 0.2) is 55.1 Å². The summed E-state index contributed by atoms with van der Waals surface area (Å²) in [6.07, 6.45) is 2.85. The minimum absolute atomic E-state index is 0.209. The van der Waals surface area contributed by atoms with Crippen molar-refractivity contribution in [1.29, 1.82) is 0 Å². The number of phenolic OH excluding ortho intramolecular Hbond substituents is 1. The number of aromatic hydroxyl groups is 1. The van der Waals surface area contributed by atoms with Gasteiger partial charge >= 0.3 is 0 Å². The summed E-state index contributed by atoms with van der Waals surface area (Å²) in [6, 6.07) is 14.1. The molecule has 1 aliphatic carbocycles. The van der Waals surface area contributed by atoms with E-state index in [1.165, 1.54) is 11.1 Å². The Hall–Kier alpha value is -2.02. The van der Waals surface area contributed by atoms with E-state index in [1.54, 1.807) is 6.07 Å². The lowest BCUT2D eigenvalue weighted by molar-refractivity contribution is 0.465. The summed E-state index contributed by atoms with van der Waals surface area (Å²) in [5.74, 6) is 0.586. The Balaban J connectivity index is 2.32. The summed E-state index contributed by atoms with van der Waals surface area (Å²) in [6.45, 7) is 3.89. The lowest BCUT2D eigenvalue weighted by Gasteiger charge is -2.26. The maximum absolute atomic E-state index is 10.0. The molecule has 84 valence electrons. The standard InChI is InChI=1S/C16H14O/c1-2-11-10-12-6-3-4-7-13(12)14-8-5-9-15(17)16(11)14/h2-9,11,17H,1,10H2/t11-/m1/s1. The number of rotatable bonds is 1. The molecule has 0 heterocycles. The predicted octanol–water partition coefficient (Wildman–Crippen LogP) is 3.88. The van der Waals surface area contributed by atoms with Gasteiger partial charge in [-0.25, -0.2) is 0 Å². The Morgan fingerprint density at radius 3 is 2.65 bits per heavy atom. The van der Waals surface area contributed by atoms with Crippen LogP contribution in [0.5, 0.6) is 5.75 Å². The molecule has 0 bridgehead atoms. The van der Waals surface area contributed by atoms with Crippen molar-refractivity contribution in [2.24, 2.45) is 0 Å². The first-order valence-corrected chi connectivity index (χ1v) is 5.84. The lowest BCUT2D eigenvalue weighted by atomic mass is 9.78. The summed E-state index contributed by atoms with van der Waals surface area (Å²) in [5, 5.41) is 10.0. The van der Waals surface area contributed by atoms with Gasteiger partial charge in [-0.1, -0.05) is 42.5 Å². The van der Waals surface area contributed by atoms with Crippen molar-refractivity contribution in [3.8, 4) is 16.9 Å². The molecule has 0 saturated heterocycles. The second-order valence-electron chi connectivity index (χ2n) is 4.44. The average molecular weight is 222 g/mol. The van der Waals surface area contributed by atoms with Crippen molar-refractivity contribution in [1.82, 2.24) is 0 Å². The van der Waals surface area contributed by atoms with Gasteiger partial charge in [-0.3, -0.25) is 0 Å². The highest BCUT2D eigenvalue weighted by molar-refractivity contribution is 5.76. The summed E-state index contributed by atoms with van der Waals surface area (Å²) < 4.78 is 0. The van der Waals surface area contributed by atoms with Gasteiger partial charge in [0.25, 0.3) is 0 Å². The third-order valence-corrected chi connectivity index (χ3v) is 3.49. The topological polar surface area (TPSA) is 20.2 Å². The monoisotopic (exact) mass is 222 g/mol. The van der Waals surface area contributed by atoms with E-state index in [0.717, 1.165) is 17.5 Å². The maximum Gasteiger partial charge on any atom is 0.119 e. The second-order valence-corrected chi connectivity index (χ2v) is 4.44. The summed E-state index contributed by atoms with van der Waals surface area (Å²) in [4.78, 5) is 0. The first-order chi connectivity index (χ1) is 8.31. The molecule has 1 atom stereocenters. The van der Waals surface area contributed by atoms with Crippen LogP contribution in [-0.4, -0.2) is 5.11 Å². The molecule has 1 aliphatic rings. The smallest absolute Gasteiger partial charge is 0.119 e. The first kappa shape index (κ1) is 10.2. The molecule has 0 saturated carbocycles. The summed E-state index contributed by atoms with van der Waals surface area (Å²) >= 11 is 0. The van der Waals surface area contributed by atoms with E-state index < -0.39 is 0 Å². The fourth-order valence-corrected chi connectivity index (χ4v) is 2.68. The van der Waals surface area contributed by atoms with E-state index in [9.17, 15) is 5.11 Å². The van der Waals surface area contributed by atoms with Crippen molar-refractivity contribution in [3.05, 3.63) is 66.2 Å². The number of allylic oxidation sites excluding steroid dienone is 1. The number of hydrogen-bond acceptors (Lipinski definition) is 1. The van der Waals surface area contributed by atoms with Crippen LogP contribution in [0.25, 0.3) is 11.1 Å². The molecule has 0 radical (unpaired) electrons. The van der Waals surface area contributed by atoms with Crippen LogP contribution in [-0.2, 0) is 6.42 Å². The van der Waals surface area contributed by atoms with Crippen LogP contribution < -0.4 is 0 Å². The second kappa shape index (κ2) is 3.77. The van der Waals surface area contributed by atoms with Crippen LogP contribution in [0.1, 0.15) is 17.0 Å². The summed E-state index contributed by atoms with van der Waals surface area (Å²) in [5.41, 5.74) is 4.71. The van der Waals surface area contributed by atoms with Crippen molar-refractivity contribution >= 4 is 0 Å². The van der Waals surface area contributed by atoms with E-state index >= 15 is 0 Å². The third-order valence-electron chi connectivity index (χ3n) is 3.49. The number of benzene rings is 2. The average Bonchev–Trinajstić information content (AvgIpc) is 2.38. The van der Waals surface area contributed by atoms with Crippen LogP contribution >= 0.6 is 0 Å². The van der Waals surface area contributed by atoms with Crippen LogP contribution in [0, 0.1) is 0 Å². The zero-order valence-corrected chi connectivity index (χ0v) is 9.56. The largest absolute Gasteiger partial charge is 0.508 e. The van der Waals surface area contributed by atoms with Gasteiger partial charge in [0.15, 0.2) is 0 Å². The van der Waals surface area contributed by atoms with Crippen molar-refractivity contribution < 1.29 is 5.11 Å². The molecule has 3 rings (SSSR count). The quantitative estimate of drug-likeness (QED) is 0.726. The minimum Gasteiger partial charge on any atom is -0.508 e. The van der Waals surface area contributed by atoms with Crippen LogP contribution in [0.4, 0.5) is 0 Å². The van der Waals surface area contributed by atoms with Gasteiger partial charge in [-0.2, -0.15) is 0 Å². The van der Waals surface area contributed by atoms with E-state index in [2.05, 4.69) is 30.8 Å². The Bertz CT molecular complexity index is 584. The normalized spacial score (nSPS) is 17.1. The minimum atomic E-state index is 0.209. The molecule has 0 spiro atoms. The predicted molar refractivity (Wildman–Crippen MR) is 70.2 cm³/mol. The van der Waals surface area contributed by atoms with Gasteiger partial charge in [0.05, 0.1) is 0 Å². The molecular weight excluding hydrogens is 208 g/mol. The molecule has 0 aliphatic heterocycles. The zero-order valence-electron chi connectivity index (χ0n) is 9.56. The van der Waals surface area contributed by atoms with E-state index in [-0.39, 0.29) is 5.92 Å². The molecular formula is C16H14O. The molecule has 1 N–H and O–H groups in total. The maximum atomic E-state index is 10.0. The van der Waals surface area contributed by atoms with Crippen molar-refractivity contribution in [2.45, 2.75) is 12.3 Å². The fourth-order valence-electron chi connectivity index (χ4n) is 2.68. The van der Waals surface area contributed by atoms with Gasteiger partial charge in [0, 0.05) is 11.5 Å². The fraction of sp³-hybridized carbons (Fsp3) is 0.125. The molecule has 0 amide bonds. The lowest BCUT2D eigenvalue weighted by Crippen LogP contribution is -2.09. The van der Waals surface area contributed by atoms with Crippen molar-refractivity contribution in [3.63, 3.8) is 0 Å². The molecule has 2 aromatic rings. The number of phenols is 1. The highest BCUT2D eigenvalue weighted by atomic mass is 16.3. The molecule has 1 heteroatoms. The molecule has 0 fully saturated rings. The highest BCUT2D eigenvalue weighted by Crippen LogP contribution is 2.43. The van der Waals surface area contributed by atoms with Crippen LogP contribution in [0.3, 0.4) is 0 Å². The van der Waals surface area contributed by atoms with Gasteiger partial charge < -0.3 is 5.11 Å². The Morgan fingerprint density at radius 2 is 1.82 bits per heavy atom. The highest BCUT2D eigenvalue weighted by Gasteiger charge is 2.24.